The molecule has 2 heterocycles. The molecule has 1 aliphatic rings. The van der Waals surface area contributed by atoms with E-state index in [0.717, 1.165) is 0 Å². The van der Waals surface area contributed by atoms with Crippen LogP contribution in [-0.4, -0.2) is 79.3 Å². The molecule has 1 aromatic heterocycles. The number of hydrogen-bond donors (Lipinski definition) is 7. The number of aryl methyl sites for hydroxylation is 1. The van der Waals surface area contributed by atoms with Gasteiger partial charge in [-0.15, -0.1) is 5.10 Å². The molecule has 8 N–H and O–H groups in total. The van der Waals surface area contributed by atoms with E-state index in [4.69, 9.17) is 20.6 Å². The van der Waals surface area contributed by atoms with Crippen LogP contribution in [0.1, 0.15) is 19.5 Å². The van der Waals surface area contributed by atoms with Gasteiger partial charge in [0.1, 0.15) is 17.9 Å². The number of carbonyl (C=O) groups is 2. The van der Waals surface area contributed by atoms with Gasteiger partial charge in [0.15, 0.2) is 12.1 Å². The predicted octanol–water partition coefficient (Wildman–Crippen LogP) is -1.90. The monoisotopic (exact) mass is 441 g/mol. The van der Waals surface area contributed by atoms with Crippen LogP contribution in [-0.2, 0) is 27.4 Å². The Bertz CT molecular complexity index is 828. The highest BCUT2D eigenvalue weighted by Gasteiger charge is 2.43. The lowest BCUT2D eigenvalue weighted by molar-refractivity contribution is -0.147. The zero-order valence-electron chi connectivity index (χ0n) is 17.1. The Morgan fingerprint density at radius 3 is 2.74 bits per heavy atom. The van der Waals surface area contributed by atoms with Gasteiger partial charge in [-0.25, -0.2) is 9.59 Å². The molecule has 1 aliphatic heterocycles. The first-order valence-corrected chi connectivity index (χ1v) is 9.51. The van der Waals surface area contributed by atoms with Gasteiger partial charge in [0.05, 0.1) is 25.4 Å². The third-order valence-electron chi connectivity index (χ3n) is 4.67. The minimum Gasteiger partial charge on any atom is -0.479 e. The molecular weight excluding hydrogens is 414 g/mol. The topological polar surface area (TPSA) is 218 Å². The Morgan fingerprint density at radius 1 is 1.48 bits per heavy atom. The van der Waals surface area contributed by atoms with Gasteiger partial charge in [0.2, 0.25) is 5.76 Å². The number of nitrogens with one attached hydrogen (secondary N) is 3. The minimum absolute atomic E-state index is 0.00333. The SMILES string of the molecule is CCn1cc(CNC(=O)O[C@@H]([C@@H]2OC(C(=O)O)=C[C@H](NC(=N)N)[C@H]2C)[C@H](O)CO)nn1. The van der Waals surface area contributed by atoms with Crippen LogP contribution >= 0.6 is 0 Å². The number of aliphatic carboxylic acids is 1. The summed E-state index contributed by atoms with van der Waals surface area (Å²) in [6.45, 7) is 3.33. The summed E-state index contributed by atoms with van der Waals surface area (Å²) in [5, 5.41) is 49.1. The third kappa shape index (κ3) is 6.29. The first kappa shape index (κ1) is 23.9. The number of carboxylic acids is 1. The maximum atomic E-state index is 12.3. The lowest BCUT2D eigenvalue weighted by Gasteiger charge is -2.39. The molecule has 0 saturated carbocycles. The normalized spacial score (nSPS) is 22.5. The van der Waals surface area contributed by atoms with Crippen molar-refractivity contribution < 1.29 is 34.4 Å². The van der Waals surface area contributed by atoms with E-state index in [0.29, 0.717) is 12.2 Å². The summed E-state index contributed by atoms with van der Waals surface area (Å²) in [5.74, 6) is -2.88. The van der Waals surface area contributed by atoms with E-state index in [-0.39, 0.29) is 6.54 Å². The Labute approximate surface area is 177 Å². The largest absolute Gasteiger partial charge is 0.479 e. The second-order valence-electron chi connectivity index (χ2n) is 6.90. The molecule has 31 heavy (non-hydrogen) atoms. The van der Waals surface area contributed by atoms with Crippen molar-refractivity contribution in [3.8, 4) is 0 Å². The fourth-order valence-electron chi connectivity index (χ4n) is 3.02. The third-order valence-corrected chi connectivity index (χ3v) is 4.67. The maximum Gasteiger partial charge on any atom is 0.407 e. The number of hydrogen-bond acceptors (Lipinski definition) is 9. The van der Waals surface area contributed by atoms with Crippen LogP contribution in [0.5, 0.6) is 0 Å². The highest BCUT2D eigenvalue weighted by atomic mass is 16.6. The Balaban J connectivity index is 2.15. The number of guanidine groups is 1. The molecule has 0 fully saturated rings. The van der Waals surface area contributed by atoms with E-state index in [2.05, 4.69) is 20.9 Å². The first-order chi connectivity index (χ1) is 14.7. The van der Waals surface area contributed by atoms with Crippen LogP contribution < -0.4 is 16.4 Å². The number of alkyl carbamates (subject to hydrolysis) is 1. The summed E-state index contributed by atoms with van der Waals surface area (Å²) < 4.78 is 12.3. The second kappa shape index (κ2) is 10.6. The summed E-state index contributed by atoms with van der Waals surface area (Å²) in [6, 6.07) is -0.758. The molecule has 0 aromatic carbocycles. The van der Waals surface area contributed by atoms with E-state index in [1.54, 1.807) is 17.8 Å². The number of aliphatic hydroxyl groups is 2. The number of ether oxygens (including phenoxy) is 2. The van der Waals surface area contributed by atoms with Crippen LogP contribution in [0, 0.1) is 11.3 Å². The number of carboxylic acid groups (broad SMARTS) is 1. The van der Waals surface area contributed by atoms with Gasteiger partial charge in [-0.1, -0.05) is 12.1 Å². The van der Waals surface area contributed by atoms with Gasteiger partial charge >= 0.3 is 12.1 Å². The van der Waals surface area contributed by atoms with Crippen LogP contribution in [0.2, 0.25) is 0 Å². The molecule has 5 atom stereocenters. The highest BCUT2D eigenvalue weighted by Crippen LogP contribution is 2.29. The quantitative estimate of drug-likeness (QED) is 0.166. The van der Waals surface area contributed by atoms with Gasteiger partial charge in [0, 0.05) is 12.5 Å². The summed E-state index contributed by atoms with van der Waals surface area (Å²) in [5.41, 5.74) is 5.83. The Kier molecular flexibility index (Phi) is 8.15. The molecule has 1 aromatic rings. The average Bonchev–Trinajstić information content (AvgIpc) is 3.19. The maximum absolute atomic E-state index is 12.3. The molecule has 14 heteroatoms. The van der Waals surface area contributed by atoms with E-state index >= 15 is 0 Å². The second-order valence-corrected chi connectivity index (χ2v) is 6.90. The van der Waals surface area contributed by atoms with Crippen LogP contribution in [0.25, 0.3) is 0 Å². The van der Waals surface area contributed by atoms with Gasteiger partial charge in [-0.2, -0.15) is 0 Å². The van der Waals surface area contributed by atoms with Crippen molar-refractivity contribution in [3.05, 3.63) is 23.7 Å². The molecular formula is C17H27N7O7. The zero-order valence-corrected chi connectivity index (χ0v) is 17.1. The molecule has 0 spiro atoms. The number of nitrogens with two attached hydrogens (primary N) is 1. The number of aliphatic hydroxyl groups excluding tert-OH is 2. The predicted molar refractivity (Wildman–Crippen MR) is 104 cm³/mol. The minimum atomic E-state index is -1.56. The molecule has 0 unspecified atom stereocenters. The first-order valence-electron chi connectivity index (χ1n) is 9.51. The number of amides is 1. The molecule has 0 aliphatic carbocycles. The number of nitrogens with zero attached hydrogens (tertiary/aromatic N) is 3. The Hall–Kier alpha value is -3.39. The van der Waals surface area contributed by atoms with Crippen LogP contribution in [0.3, 0.4) is 0 Å². The smallest absolute Gasteiger partial charge is 0.407 e. The lowest BCUT2D eigenvalue weighted by atomic mass is 9.87. The van der Waals surface area contributed by atoms with Gasteiger partial charge < -0.3 is 41.2 Å². The highest BCUT2D eigenvalue weighted by molar-refractivity contribution is 5.85. The van der Waals surface area contributed by atoms with Gasteiger partial charge in [0.25, 0.3) is 0 Å². The van der Waals surface area contributed by atoms with Gasteiger partial charge in [-0.3, -0.25) is 10.1 Å². The molecule has 1 amide bonds. The number of carbonyl (C=O) groups excluding carboxylic acids is 1. The van der Waals surface area contributed by atoms with Gasteiger partial charge in [-0.05, 0) is 13.0 Å². The van der Waals surface area contributed by atoms with E-state index in [1.165, 1.54) is 6.08 Å². The van der Waals surface area contributed by atoms with E-state index in [1.807, 2.05) is 6.92 Å². The van der Waals surface area contributed by atoms with Crippen molar-refractivity contribution in [1.82, 2.24) is 25.6 Å². The molecule has 14 nitrogen and oxygen atoms in total. The van der Waals surface area contributed by atoms with E-state index in [9.17, 15) is 24.9 Å². The van der Waals surface area contributed by atoms with Crippen molar-refractivity contribution >= 4 is 18.0 Å². The molecule has 0 radical (unpaired) electrons. The van der Waals surface area contributed by atoms with Crippen molar-refractivity contribution in [1.29, 1.82) is 5.41 Å². The van der Waals surface area contributed by atoms with Crippen molar-refractivity contribution in [2.45, 2.75) is 51.3 Å². The summed E-state index contributed by atoms with van der Waals surface area (Å²) >= 11 is 0. The Morgan fingerprint density at radius 2 is 2.19 bits per heavy atom. The summed E-state index contributed by atoms with van der Waals surface area (Å²) in [7, 11) is 0. The van der Waals surface area contributed by atoms with Crippen LogP contribution in [0.15, 0.2) is 18.0 Å². The molecule has 2 rings (SSSR count). The van der Waals surface area contributed by atoms with Crippen molar-refractivity contribution in [2.24, 2.45) is 11.7 Å². The molecule has 0 saturated heterocycles. The van der Waals surface area contributed by atoms with Crippen molar-refractivity contribution in [2.75, 3.05) is 6.61 Å². The summed E-state index contributed by atoms with van der Waals surface area (Å²) in [6.07, 6.45) is -2.24. The standard InChI is InChI=1S/C17H27N7O7/c1-3-24-6-9(22-23-24)5-20-17(29)31-14(11(26)7-25)13-8(2)10(21-16(18)19)4-12(30-13)15(27)28/h4,6,8,10-11,13-14,25-26H,3,5,7H2,1-2H3,(H,20,29)(H,27,28)(H4,18,19,21)/t8-,10+,11-,13-,14-/m1/s1. The van der Waals surface area contributed by atoms with Crippen LogP contribution in [0.4, 0.5) is 4.79 Å². The van der Waals surface area contributed by atoms with E-state index < -0.39 is 60.7 Å². The number of aromatic nitrogens is 3. The fourth-order valence-corrected chi connectivity index (χ4v) is 3.02. The average molecular weight is 441 g/mol. The number of rotatable bonds is 9. The molecule has 0 bridgehead atoms. The zero-order chi connectivity index (χ0) is 23.1. The lowest BCUT2D eigenvalue weighted by Crippen LogP contribution is -2.56. The fraction of sp³-hybridized carbons (Fsp3) is 0.588. The summed E-state index contributed by atoms with van der Waals surface area (Å²) in [4.78, 5) is 23.8. The molecule has 172 valence electrons. The van der Waals surface area contributed by atoms with Crippen molar-refractivity contribution in [3.63, 3.8) is 0 Å².